The van der Waals surface area contributed by atoms with E-state index in [0.717, 1.165) is 44.2 Å². The van der Waals surface area contributed by atoms with Gasteiger partial charge in [0.2, 0.25) is 0 Å². The van der Waals surface area contributed by atoms with Crippen LogP contribution in [0.15, 0.2) is 29.3 Å². The fraction of sp³-hybridized carbons (Fsp3) is 0.571. The van der Waals surface area contributed by atoms with Crippen LogP contribution in [0, 0.1) is 5.92 Å². The number of rotatable bonds is 4. The zero-order valence-corrected chi connectivity index (χ0v) is 18.5. The van der Waals surface area contributed by atoms with Crippen molar-refractivity contribution in [3.8, 4) is 0 Å². The molecular weight excluding hydrogens is 404 g/mol. The zero-order valence-electron chi connectivity index (χ0n) is 17.7. The largest absolute Gasteiger partial charge is 0.340 e. The number of urea groups is 1. The first-order valence-corrected chi connectivity index (χ1v) is 10.8. The summed E-state index contributed by atoms with van der Waals surface area (Å²) < 4.78 is 0. The average Bonchev–Trinajstić information content (AvgIpc) is 3.06. The van der Waals surface area contributed by atoms with Gasteiger partial charge in [-0.05, 0) is 23.6 Å². The molecule has 3 aliphatic rings. The van der Waals surface area contributed by atoms with Crippen molar-refractivity contribution >= 4 is 29.5 Å². The lowest BCUT2D eigenvalue weighted by Gasteiger charge is -2.40. The van der Waals surface area contributed by atoms with Crippen LogP contribution in [-0.2, 0) is 11.3 Å². The Morgan fingerprint density at radius 2 is 1.93 bits per heavy atom. The summed E-state index contributed by atoms with van der Waals surface area (Å²) in [5.74, 6) is 1.11. The number of imide groups is 1. The summed E-state index contributed by atoms with van der Waals surface area (Å²) >= 11 is 6.18. The number of aliphatic imine (C=N–C) groups is 1. The molecule has 30 heavy (non-hydrogen) atoms. The van der Waals surface area contributed by atoms with Crippen LogP contribution in [0.2, 0.25) is 5.02 Å². The molecule has 3 amide bonds. The molecule has 2 atom stereocenters. The van der Waals surface area contributed by atoms with Gasteiger partial charge in [0.15, 0.2) is 18.2 Å². The molecule has 0 bridgehead atoms. The van der Waals surface area contributed by atoms with Crippen LogP contribution in [0.25, 0.3) is 0 Å². The third kappa shape index (κ3) is 4.11. The van der Waals surface area contributed by atoms with Gasteiger partial charge in [-0.25, -0.2) is 9.79 Å². The summed E-state index contributed by atoms with van der Waals surface area (Å²) in [7, 11) is 1.68. The SMILES string of the molecule is CC(C)CN1CCN(C2=NC3C(C(=O)NC(=O)N3C)N2Cc2cccc(Cl)c2)CC1. The van der Waals surface area contributed by atoms with E-state index in [1.54, 1.807) is 7.05 Å². The lowest BCUT2D eigenvalue weighted by Crippen LogP contribution is -2.64. The van der Waals surface area contributed by atoms with E-state index in [4.69, 9.17) is 16.6 Å². The second kappa shape index (κ2) is 8.43. The molecule has 8 nitrogen and oxygen atoms in total. The fourth-order valence-corrected chi connectivity index (χ4v) is 4.64. The van der Waals surface area contributed by atoms with Crippen molar-refractivity contribution in [1.29, 1.82) is 0 Å². The lowest BCUT2D eigenvalue weighted by atomic mass is 10.1. The molecule has 1 aromatic rings. The summed E-state index contributed by atoms with van der Waals surface area (Å²) in [4.78, 5) is 38.0. The number of carbonyl (C=O) groups excluding carboxylic acids is 2. The van der Waals surface area contributed by atoms with Crippen LogP contribution >= 0.6 is 11.6 Å². The van der Waals surface area contributed by atoms with Crippen molar-refractivity contribution < 1.29 is 9.59 Å². The molecule has 0 spiro atoms. The highest BCUT2D eigenvalue weighted by atomic mass is 35.5. The second-order valence-corrected chi connectivity index (χ2v) is 9.07. The van der Waals surface area contributed by atoms with Crippen LogP contribution in [0.3, 0.4) is 0 Å². The standard InChI is InChI=1S/C21H29ClN6O2/c1-14(2)12-26-7-9-27(10-8-26)20-23-18-17(19(29)24-21(30)25(18)3)28(20)13-15-5-4-6-16(22)11-15/h4-6,11,14,17-18H,7-10,12-13H2,1-3H3,(H,24,29,30). The Bertz CT molecular complexity index is 852. The molecule has 2 fully saturated rings. The molecule has 9 heteroatoms. The summed E-state index contributed by atoms with van der Waals surface area (Å²) in [5, 5.41) is 3.12. The van der Waals surface area contributed by atoms with Crippen LogP contribution in [0.4, 0.5) is 4.79 Å². The minimum absolute atomic E-state index is 0.303. The zero-order chi connectivity index (χ0) is 21.4. The maximum absolute atomic E-state index is 12.8. The minimum Gasteiger partial charge on any atom is -0.340 e. The molecule has 162 valence electrons. The van der Waals surface area contributed by atoms with Crippen molar-refractivity contribution in [2.45, 2.75) is 32.6 Å². The molecule has 3 aliphatic heterocycles. The maximum Gasteiger partial charge on any atom is 0.325 e. The number of fused-ring (bicyclic) bond motifs is 1. The summed E-state index contributed by atoms with van der Waals surface area (Å²) in [6, 6.07) is 6.69. The van der Waals surface area contributed by atoms with Crippen molar-refractivity contribution in [2.75, 3.05) is 39.8 Å². The van der Waals surface area contributed by atoms with E-state index in [1.165, 1.54) is 4.90 Å². The number of carbonyl (C=O) groups is 2. The van der Waals surface area contributed by atoms with E-state index < -0.39 is 18.2 Å². The third-order valence-corrected chi connectivity index (χ3v) is 6.09. The van der Waals surface area contributed by atoms with E-state index >= 15 is 0 Å². The number of benzene rings is 1. The van der Waals surface area contributed by atoms with E-state index in [2.05, 4.69) is 29.0 Å². The first-order valence-electron chi connectivity index (χ1n) is 10.5. The van der Waals surface area contributed by atoms with Crippen molar-refractivity contribution in [3.63, 3.8) is 0 Å². The number of halogens is 1. The molecule has 0 saturated carbocycles. The highest BCUT2D eigenvalue weighted by Gasteiger charge is 2.49. The highest BCUT2D eigenvalue weighted by Crippen LogP contribution is 2.28. The van der Waals surface area contributed by atoms with Crippen LogP contribution in [0.1, 0.15) is 19.4 Å². The van der Waals surface area contributed by atoms with Gasteiger partial charge < -0.3 is 14.7 Å². The topological polar surface area (TPSA) is 71.5 Å². The predicted molar refractivity (Wildman–Crippen MR) is 116 cm³/mol. The van der Waals surface area contributed by atoms with Gasteiger partial charge in [-0.3, -0.25) is 15.0 Å². The number of nitrogens with zero attached hydrogens (tertiary/aromatic N) is 5. The molecule has 2 unspecified atom stereocenters. The van der Waals surface area contributed by atoms with Crippen molar-refractivity contribution in [2.24, 2.45) is 10.9 Å². The molecule has 2 saturated heterocycles. The van der Waals surface area contributed by atoms with Crippen molar-refractivity contribution in [1.82, 2.24) is 24.9 Å². The molecular formula is C21H29ClN6O2. The Balaban J connectivity index is 1.59. The quantitative estimate of drug-likeness (QED) is 0.783. The van der Waals surface area contributed by atoms with Gasteiger partial charge in [0.25, 0.3) is 5.91 Å². The summed E-state index contributed by atoms with van der Waals surface area (Å²) in [5.41, 5.74) is 1.00. The van der Waals surface area contributed by atoms with Gasteiger partial charge in [0.1, 0.15) is 0 Å². The van der Waals surface area contributed by atoms with Gasteiger partial charge in [0, 0.05) is 51.3 Å². The Morgan fingerprint density at radius 1 is 1.20 bits per heavy atom. The number of likely N-dealkylation sites (N-methyl/N-ethyl adjacent to an activating group) is 1. The van der Waals surface area contributed by atoms with E-state index in [1.807, 2.05) is 29.2 Å². The number of amides is 3. The molecule has 1 aromatic carbocycles. The first kappa shape index (κ1) is 20.9. The maximum atomic E-state index is 12.8. The average molecular weight is 433 g/mol. The number of hydrogen-bond donors (Lipinski definition) is 1. The van der Waals surface area contributed by atoms with E-state index in [-0.39, 0.29) is 5.91 Å². The third-order valence-electron chi connectivity index (χ3n) is 5.86. The molecule has 1 N–H and O–H groups in total. The number of nitrogens with one attached hydrogen (secondary N) is 1. The highest BCUT2D eigenvalue weighted by molar-refractivity contribution is 6.30. The Kier molecular flexibility index (Phi) is 5.88. The minimum atomic E-state index is -0.546. The number of piperazine rings is 1. The molecule has 3 heterocycles. The monoisotopic (exact) mass is 432 g/mol. The van der Waals surface area contributed by atoms with Gasteiger partial charge in [0.05, 0.1) is 0 Å². The van der Waals surface area contributed by atoms with Crippen LogP contribution in [-0.4, -0.2) is 89.5 Å². The normalized spacial score (nSPS) is 25.0. The number of hydrogen-bond acceptors (Lipinski definition) is 6. The molecule has 4 rings (SSSR count). The van der Waals surface area contributed by atoms with Gasteiger partial charge in [-0.1, -0.05) is 37.6 Å². The summed E-state index contributed by atoms with van der Waals surface area (Å²) in [6.07, 6.45) is -0.519. The Hall–Kier alpha value is -2.32. The lowest BCUT2D eigenvalue weighted by molar-refractivity contribution is -0.127. The van der Waals surface area contributed by atoms with Crippen molar-refractivity contribution in [3.05, 3.63) is 34.9 Å². The number of guanidine groups is 1. The smallest absolute Gasteiger partial charge is 0.325 e. The fourth-order valence-electron chi connectivity index (χ4n) is 4.42. The van der Waals surface area contributed by atoms with Crippen LogP contribution < -0.4 is 5.32 Å². The predicted octanol–water partition coefficient (Wildman–Crippen LogP) is 1.66. The van der Waals surface area contributed by atoms with Gasteiger partial charge in [-0.2, -0.15) is 0 Å². The molecule has 0 aromatic heterocycles. The van der Waals surface area contributed by atoms with Gasteiger partial charge >= 0.3 is 6.03 Å². The first-order chi connectivity index (χ1) is 14.3. The van der Waals surface area contributed by atoms with Gasteiger partial charge in [-0.15, -0.1) is 0 Å². The molecule has 0 aliphatic carbocycles. The second-order valence-electron chi connectivity index (χ2n) is 8.63. The van der Waals surface area contributed by atoms with Crippen LogP contribution in [0.5, 0.6) is 0 Å². The molecule has 0 radical (unpaired) electrons. The summed E-state index contributed by atoms with van der Waals surface area (Å²) in [6.45, 7) is 9.65. The van der Waals surface area contributed by atoms with E-state index in [9.17, 15) is 9.59 Å². The Labute approximate surface area is 182 Å². The van der Waals surface area contributed by atoms with E-state index in [0.29, 0.717) is 17.5 Å². The Morgan fingerprint density at radius 3 is 2.60 bits per heavy atom.